The molecule has 3 heterocycles. The van der Waals surface area contributed by atoms with Gasteiger partial charge in [-0.2, -0.15) is 9.40 Å². The van der Waals surface area contributed by atoms with E-state index in [1.807, 2.05) is 20.8 Å². The molecule has 2 aromatic rings. The quantitative estimate of drug-likeness (QED) is 0.418. The van der Waals surface area contributed by atoms with Crippen molar-refractivity contribution in [1.29, 1.82) is 0 Å². The van der Waals surface area contributed by atoms with E-state index < -0.39 is 20.5 Å². The lowest BCUT2D eigenvalue weighted by atomic mass is 10.1. The topological polar surface area (TPSA) is 137 Å². The summed E-state index contributed by atoms with van der Waals surface area (Å²) < 4.78 is 41.2. The maximum Gasteiger partial charge on any atom is 0.274 e. The normalized spacial score (nSPS) is 17.4. The van der Waals surface area contributed by atoms with Crippen molar-refractivity contribution in [1.82, 2.24) is 19.0 Å². The molecular formula is C23H31N5O7S. The summed E-state index contributed by atoms with van der Waals surface area (Å²) in [5.74, 6) is -0.130. The molecule has 0 radical (unpaired) electrons. The van der Waals surface area contributed by atoms with Crippen LogP contribution in [0.2, 0.25) is 0 Å². The van der Waals surface area contributed by atoms with Gasteiger partial charge in [0.1, 0.15) is 10.6 Å². The van der Waals surface area contributed by atoms with Gasteiger partial charge in [0.05, 0.1) is 23.7 Å². The van der Waals surface area contributed by atoms with Gasteiger partial charge in [-0.15, -0.1) is 0 Å². The summed E-state index contributed by atoms with van der Waals surface area (Å²) in [6.07, 6.45) is 1.43. The molecule has 0 spiro atoms. The predicted octanol–water partition coefficient (Wildman–Crippen LogP) is 2.90. The van der Waals surface area contributed by atoms with Crippen LogP contribution in [0.1, 0.15) is 49.7 Å². The average molecular weight is 522 g/mol. The molecule has 0 atom stereocenters. The second kappa shape index (κ2) is 9.79. The minimum absolute atomic E-state index is 0.0635. The van der Waals surface area contributed by atoms with Crippen molar-refractivity contribution >= 4 is 21.6 Å². The summed E-state index contributed by atoms with van der Waals surface area (Å²) >= 11 is 0. The highest BCUT2D eigenvalue weighted by molar-refractivity contribution is 7.89. The van der Waals surface area contributed by atoms with Gasteiger partial charge in [0, 0.05) is 43.9 Å². The molecule has 0 aliphatic carbocycles. The third-order valence-electron chi connectivity index (χ3n) is 6.23. The Labute approximate surface area is 210 Å². The Kier molecular flexibility index (Phi) is 7.08. The first-order valence-electron chi connectivity index (χ1n) is 11.8. The minimum Gasteiger partial charge on any atom is -0.438 e. The van der Waals surface area contributed by atoms with Crippen molar-refractivity contribution in [2.75, 3.05) is 39.4 Å². The Morgan fingerprint density at radius 1 is 1.14 bits per heavy atom. The highest BCUT2D eigenvalue weighted by Gasteiger charge is 2.35. The van der Waals surface area contributed by atoms with Gasteiger partial charge >= 0.3 is 0 Å². The minimum atomic E-state index is -4.05. The molecule has 196 valence electrons. The molecular weight excluding hydrogens is 490 g/mol. The van der Waals surface area contributed by atoms with Crippen LogP contribution >= 0.6 is 0 Å². The summed E-state index contributed by atoms with van der Waals surface area (Å²) in [4.78, 5) is 25.4. The van der Waals surface area contributed by atoms with E-state index in [2.05, 4.69) is 5.10 Å². The lowest BCUT2D eigenvalue weighted by molar-refractivity contribution is -0.385. The van der Waals surface area contributed by atoms with Crippen molar-refractivity contribution in [2.45, 2.75) is 51.0 Å². The third kappa shape index (κ3) is 4.95. The monoisotopic (exact) mass is 521 g/mol. The molecule has 1 aromatic carbocycles. The SMILES string of the molecule is Cc1c(C(=O)N2CCOCC2)nn(C(C)(C)C)c1Oc1ccc([N+](=O)[O-])cc1S(=O)(=O)N1CCCC1. The van der Waals surface area contributed by atoms with Gasteiger partial charge in [0.25, 0.3) is 11.6 Å². The summed E-state index contributed by atoms with van der Waals surface area (Å²) in [7, 11) is -4.05. The highest BCUT2D eigenvalue weighted by Crippen LogP contribution is 2.38. The number of nitro benzene ring substituents is 1. The first-order chi connectivity index (χ1) is 16.9. The van der Waals surface area contributed by atoms with Crippen LogP contribution in [0.3, 0.4) is 0 Å². The van der Waals surface area contributed by atoms with E-state index in [9.17, 15) is 23.3 Å². The Morgan fingerprint density at radius 3 is 2.36 bits per heavy atom. The highest BCUT2D eigenvalue weighted by atomic mass is 32.2. The summed E-state index contributed by atoms with van der Waals surface area (Å²) in [6, 6.07) is 3.51. The van der Waals surface area contributed by atoms with Crippen molar-refractivity contribution in [2.24, 2.45) is 0 Å². The fraction of sp³-hybridized carbons (Fsp3) is 0.565. The van der Waals surface area contributed by atoms with Crippen LogP contribution in [0.4, 0.5) is 5.69 Å². The van der Waals surface area contributed by atoms with Crippen LogP contribution in [0.25, 0.3) is 0 Å². The number of non-ortho nitro benzene ring substituents is 1. The zero-order valence-corrected chi connectivity index (χ0v) is 21.7. The molecule has 0 bridgehead atoms. The van der Waals surface area contributed by atoms with Crippen molar-refractivity contribution in [3.63, 3.8) is 0 Å². The number of benzene rings is 1. The van der Waals surface area contributed by atoms with E-state index in [-0.39, 0.29) is 33.8 Å². The predicted molar refractivity (Wildman–Crippen MR) is 130 cm³/mol. The maximum absolute atomic E-state index is 13.4. The smallest absolute Gasteiger partial charge is 0.274 e. The lowest BCUT2D eigenvalue weighted by Gasteiger charge is -2.26. The molecule has 12 nitrogen and oxygen atoms in total. The Hall–Kier alpha value is -3.03. The molecule has 1 aromatic heterocycles. The third-order valence-corrected chi connectivity index (χ3v) is 8.15. The van der Waals surface area contributed by atoms with Crippen LogP contribution in [0.5, 0.6) is 11.6 Å². The number of carbonyl (C=O) groups is 1. The van der Waals surface area contributed by atoms with E-state index in [0.29, 0.717) is 57.8 Å². The van der Waals surface area contributed by atoms with Crippen LogP contribution in [0, 0.1) is 17.0 Å². The molecule has 0 unspecified atom stereocenters. The van der Waals surface area contributed by atoms with E-state index in [1.165, 1.54) is 16.4 Å². The molecule has 4 rings (SSSR count). The Bertz CT molecular complexity index is 1270. The second-order valence-electron chi connectivity index (χ2n) is 9.87. The Morgan fingerprint density at radius 2 is 1.78 bits per heavy atom. The molecule has 13 heteroatoms. The van der Waals surface area contributed by atoms with Gasteiger partial charge in [-0.3, -0.25) is 14.9 Å². The second-order valence-corrected chi connectivity index (χ2v) is 11.8. The van der Waals surface area contributed by atoms with Gasteiger partial charge in [0.15, 0.2) is 5.69 Å². The van der Waals surface area contributed by atoms with E-state index in [4.69, 9.17) is 9.47 Å². The zero-order chi connectivity index (χ0) is 26.3. The van der Waals surface area contributed by atoms with Crippen molar-refractivity contribution in [3.8, 4) is 11.6 Å². The number of hydrogen-bond acceptors (Lipinski definition) is 8. The van der Waals surface area contributed by atoms with Crippen LogP contribution in [-0.4, -0.2) is 77.6 Å². The van der Waals surface area contributed by atoms with Gasteiger partial charge in [-0.05, 0) is 46.6 Å². The van der Waals surface area contributed by atoms with Gasteiger partial charge in [-0.25, -0.2) is 13.1 Å². The van der Waals surface area contributed by atoms with Crippen molar-refractivity contribution in [3.05, 3.63) is 39.6 Å². The van der Waals surface area contributed by atoms with Gasteiger partial charge in [-0.1, -0.05) is 0 Å². The maximum atomic E-state index is 13.4. The summed E-state index contributed by atoms with van der Waals surface area (Å²) in [5, 5.41) is 16.0. The van der Waals surface area contributed by atoms with Crippen molar-refractivity contribution < 1.29 is 27.6 Å². The number of nitro groups is 1. The number of morpholine rings is 1. The number of nitrogens with zero attached hydrogens (tertiary/aromatic N) is 5. The van der Waals surface area contributed by atoms with E-state index >= 15 is 0 Å². The number of sulfonamides is 1. The fourth-order valence-electron chi connectivity index (χ4n) is 4.24. The van der Waals surface area contributed by atoms with Gasteiger partial charge < -0.3 is 14.4 Å². The summed E-state index contributed by atoms with van der Waals surface area (Å²) in [5.41, 5.74) is -0.320. The first kappa shape index (κ1) is 26.0. The molecule has 1 amide bonds. The lowest BCUT2D eigenvalue weighted by Crippen LogP contribution is -2.41. The average Bonchev–Trinajstić information content (AvgIpc) is 3.49. The number of hydrogen-bond donors (Lipinski definition) is 0. The Balaban J connectivity index is 1.81. The van der Waals surface area contributed by atoms with Crippen LogP contribution in [0.15, 0.2) is 23.1 Å². The molecule has 0 saturated carbocycles. The molecule has 36 heavy (non-hydrogen) atoms. The van der Waals surface area contributed by atoms with E-state index in [0.717, 1.165) is 6.07 Å². The molecule has 2 saturated heterocycles. The van der Waals surface area contributed by atoms with Gasteiger partial charge in [0.2, 0.25) is 15.9 Å². The number of amides is 1. The number of rotatable bonds is 6. The summed E-state index contributed by atoms with van der Waals surface area (Å²) in [6.45, 7) is 9.77. The molecule has 2 aliphatic heterocycles. The zero-order valence-electron chi connectivity index (χ0n) is 20.9. The largest absolute Gasteiger partial charge is 0.438 e. The van der Waals surface area contributed by atoms with E-state index in [1.54, 1.807) is 16.5 Å². The number of ether oxygens (including phenoxy) is 2. The molecule has 0 N–H and O–H groups in total. The van der Waals surface area contributed by atoms with Crippen LogP contribution < -0.4 is 4.74 Å². The number of aromatic nitrogens is 2. The first-order valence-corrected chi connectivity index (χ1v) is 13.3. The molecule has 2 fully saturated rings. The standard InChI is InChI=1S/C23H31N5O7S/c1-16-20(21(29)25-11-13-34-14-12-25)24-27(23(2,3)4)22(16)35-18-8-7-17(28(30)31)15-19(18)36(32,33)26-9-5-6-10-26/h7-8,15H,5-6,9-14H2,1-4H3. The number of carbonyl (C=O) groups excluding carboxylic acids is 1. The van der Waals surface area contributed by atoms with Crippen LogP contribution in [-0.2, 0) is 20.3 Å². The fourth-order valence-corrected chi connectivity index (χ4v) is 5.89. The molecule has 2 aliphatic rings.